The van der Waals surface area contributed by atoms with E-state index in [-0.39, 0.29) is 0 Å². The maximum Gasteiger partial charge on any atom is 0.176 e. The summed E-state index contributed by atoms with van der Waals surface area (Å²) in [5, 5.41) is 0. The lowest BCUT2D eigenvalue weighted by molar-refractivity contribution is 0.0879. The van der Waals surface area contributed by atoms with E-state index in [1.54, 1.807) is 0 Å². The Morgan fingerprint density at radius 3 is 2.73 bits per heavy atom. The molecule has 15 heavy (non-hydrogen) atoms. The van der Waals surface area contributed by atoms with Crippen molar-refractivity contribution >= 4 is 28.7 Å². The van der Waals surface area contributed by atoms with Crippen LogP contribution in [0.5, 0.6) is 0 Å². The van der Waals surface area contributed by atoms with Gasteiger partial charge in [-0.15, -0.1) is 11.3 Å². The van der Waals surface area contributed by atoms with Gasteiger partial charge in [-0.25, -0.2) is 0 Å². The minimum Gasteiger partial charge on any atom is -0.293 e. The summed E-state index contributed by atoms with van der Waals surface area (Å²) in [7, 11) is 0. The molecule has 3 atom stereocenters. The third-order valence-electron chi connectivity index (χ3n) is 3.89. The Kier molecular flexibility index (Phi) is 2.37. The predicted molar refractivity (Wildman–Crippen MR) is 62.6 cm³/mol. The summed E-state index contributed by atoms with van der Waals surface area (Å²) in [6.07, 6.45) is 5.02. The first-order chi connectivity index (χ1) is 7.24. The van der Waals surface area contributed by atoms with Crippen molar-refractivity contribution in [2.45, 2.75) is 25.7 Å². The van der Waals surface area contributed by atoms with E-state index in [9.17, 15) is 4.79 Å². The summed E-state index contributed by atoms with van der Waals surface area (Å²) in [4.78, 5) is 13.1. The van der Waals surface area contributed by atoms with E-state index in [2.05, 4.69) is 0 Å². The monoisotopic (exact) mass is 240 g/mol. The van der Waals surface area contributed by atoms with Crippen LogP contribution in [0.2, 0.25) is 4.34 Å². The van der Waals surface area contributed by atoms with E-state index in [4.69, 9.17) is 11.6 Å². The molecule has 2 aliphatic carbocycles. The highest BCUT2D eigenvalue weighted by molar-refractivity contribution is 7.18. The molecule has 3 unspecified atom stereocenters. The molecule has 1 nitrogen and oxygen atoms in total. The van der Waals surface area contributed by atoms with Crippen LogP contribution in [0, 0.1) is 17.8 Å². The lowest BCUT2D eigenvalue weighted by atomic mass is 9.85. The minimum atomic E-state index is 0.304. The maximum absolute atomic E-state index is 12.2. The molecule has 1 aromatic heterocycles. The summed E-state index contributed by atoms with van der Waals surface area (Å²) in [6, 6.07) is 3.70. The highest BCUT2D eigenvalue weighted by Crippen LogP contribution is 2.49. The number of halogens is 1. The van der Waals surface area contributed by atoms with E-state index in [0.29, 0.717) is 17.6 Å². The largest absolute Gasteiger partial charge is 0.293 e. The van der Waals surface area contributed by atoms with Gasteiger partial charge in [-0.05, 0) is 43.2 Å². The second kappa shape index (κ2) is 3.60. The van der Waals surface area contributed by atoms with Crippen molar-refractivity contribution in [3.63, 3.8) is 0 Å². The molecule has 2 fully saturated rings. The smallest absolute Gasteiger partial charge is 0.176 e. The first-order valence-electron chi connectivity index (χ1n) is 5.53. The second-order valence-electron chi connectivity index (χ2n) is 4.75. The molecule has 80 valence electrons. The van der Waals surface area contributed by atoms with Crippen molar-refractivity contribution in [3.8, 4) is 0 Å². The number of hydrogen-bond donors (Lipinski definition) is 0. The third-order valence-corrected chi connectivity index (χ3v) is 5.14. The van der Waals surface area contributed by atoms with E-state index in [0.717, 1.165) is 21.6 Å². The molecule has 0 spiro atoms. The molecular formula is C12H13ClOS. The van der Waals surface area contributed by atoms with Crippen molar-refractivity contribution in [2.75, 3.05) is 0 Å². The van der Waals surface area contributed by atoms with Crippen LogP contribution in [0.15, 0.2) is 12.1 Å². The van der Waals surface area contributed by atoms with Crippen LogP contribution in [0.1, 0.15) is 35.4 Å². The number of fused-ring (bicyclic) bond motifs is 2. The number of carbonyl (C=O) groups is 1. The van der Waals surface area contributed by atoms with Crippen LogP contribution < -0.4 is 0 Å². The zero-order chi connectivity index (χ0) is 10.4. The number of rotatable bonds is 2. The average Bonchev–Trinajstić information content (AvgIpc) is 2.90. The lowest BCUT2D eigenvalue weighted by Crippen LogP contribution is -2.20. The number of thiophene rings is 1. The van der Waals surface area contributed by atoms with Crippen LogP contribution in [-0.4, -0.2) is 5.78 Å². The standard InChI is InChI=1S/C12H13ClOS/c13-11-4-3-10(15-11)12(14)9-6-7-1-2-8(9)5-7/h3-4,7-9H,1-2,5-6H2. The van der Waals surface area contributed by atoms with Gasteiger partial charge in [0.2, 0.25) is 0 Å². The van der Waals surface area contributed by atoms with Crippen LogP contribution in [0.4, 0.5) is 0 Å². The van der Waals surface area contributed by atoms with Crippen LogP contribution >= 0.6 is 22.9 Å². The van der Waals surface area contributed by atoms with Crippen molar-refractivity contribution in [3.05, 3.63) is 21.3 Å². The molecule has 0 aromatic carbocycles. The van der Waals surface area contributed by atoms with Crippen LogP contribution in [0.25, 0.3) is 0 Å². The molecule has 0 saturated heterocycles. The van der Waals surface area contributed by atoms with E-state index >= 15 is 0 Å². The summed E-state index contributed by atoms with van der Waals surface area (Å²) in [6.45, 7) is 0. The Balaban J connectivity index is 1.81. The summed E-state index contributed by atoms with van der Waals surface area (Å²) < 4.78 is 0.724. The first-order valence-corrected chi connectivity index (χ1v) is 6.73. The minimum absolute atomic E-state index is 0.304. The molecule has 2 bridgehead atoms. The molecule has 1 aromatic rings. The quantitative estimate of drug-likeness (QED) is 0.714. The van der Waals surface area contributed by atoms with Gasteiger partial charge in [0.05, 0.1) is 9.21 Å². The summed E-state index contributed by atoms with van der Waals surface area (Å²) >= 11 is 7.28. The highest BCUT2D eigenvalue weighted by Gasteiger charge is 2.43. The van der Waals surface area contributed by atoms with Crippen molar-refractivity contribution in [1.82, 2.24) is 0 Å². The Labute approximate surface area is 98.4 Å². The zero-order valence-electron chi connectivity index (χ0n) is 8.41. The molecule has 2 aliphatic rings. The lowest BCUT2D eigenvalue weighted by Gasteiger charge is -2.19. The Bertz CT molecular complexity index is 398. The second-order valence-corrected chi connectivity index (χ2v) is 6.46. The van der Waals surface area contributed by atoms with E-state index in [1.807, 2.05) is 12.1 Å². The van der Waals surface area contributed by atoms with Crippen LogP contribution in [0.3, 0.4) is 0 Å². The number of ketones is 1. The molecule has 0 amide bonds. The Morgan fingerprint density at radius 1 is 1.33 bits per heavy atom. The number of Topliss-reactive ketones (excluding diaryl/α,β-unsaturated/α-hetero) is 1. The normalized spacial score (nSPS) is 33.5. The molecule has 0 N–H and O–H groups in total. The molecule has 3 rings (SSSR count). The fraction of sp³-hybridized carbons (Fsp3) is 0.583. The molecule has 2 saturated carbocycles. The molecule has 1 heterocycles. The predicted octanol–water partition coefficient (Wildman–Crippen LogP) is 4.02. The van der Waals surface area contributed by atoms with Crippen molar-refractivity contribution in [2.24, 2.45) is 17.8 Å². The van der Waals surface area contributed by atoms with Crippen molar-refractivity contribution in [1.29, 1.82) is 0 Å². The van der Waals surface area contributed by atoms with Gasteiger partial charge < -0.3 is 0 Å². The molecule has 3 heteroatoms. The Morgan fingerprint density at radius 2 is 2.20 bits per heavy atom. The summed E-state index contributed by atoms with van der Waals surface area (Å²) in [5.41, 5.74) is 0. The number of carbonyl (C=O) groups excluding carboxylic acids is 1. The topological polar surface area (TPSA) is 17.1 Å². The van der Waals surface area contributed by atoms with E-state index < -0.39 is 0 Å². The van der Waals surface area contributed by atoms with Gasteiger partial charge >= 0.3 is 0 Å². The molecular weight excluding hydrogens is 228 g/mol. The van der Waals surface area contributed by atoms with E-state index in [1.165, 1.54) is 30.6 Å². The summed E-state index contributed by atoms with van der Waals surface area (Å²) in [5.74, 6) is 2.15. The van der Waals surface area contributed by atoms with Gasteiger partial charge in [-0.1, -0.05) is 18.0 Å². The Hall–Kier alpha value is -0.340. The highest BCUT2D eigenvalue weighted by atomic mass is 35.5. The van der Waals surface area contributed by atoms with Crippen LogP contribution in [-0.2, 0) is 0 Å². The fourth-order valence-electron chi connectivity index (χ4n) is 3.20. The zero-order valence-corrected chi connectivity index (χ0v) is 9.98. The third kappa shape index (κ3) is 1.64. The fourth-order valence-corrected chi connectivity index (χ4v) is 4.24. The van der Waals surface area contributed by atoms with Gasteiger partial charge in [0.25, 0.3) is 0 Å². The number of hydrogen-bond acceptors (Lipinski definition) is 2. The maximum atomic E-state index is 12.2. The van der Waals surface area contributed by atoms with Gasteiger partial charge in [-0.2, -0.15) is 0 Å². The van der Waals surface area contributed by atoms with Gasteiger partial charge in [0.15, 0.2) is 5.78 Å². The van der Waals surface area contributed by atoms with Gasteiger partial charge in [0, 0.05) is 5.92 Å². The molecule has 0 aliphatic heterocycles. The SMILES string of the molecule is O=C(c1ccc(Cl)s1)C1CC2CCC1C2. The first kappa shape index (κ1) is 9.86. The van der Waals surface area contributed by atoms with Crippen molar-refractivity contribution < 1.29 is 4.79 Å². The van der Waals surface area contributed by atoms with Gasteiger partial charge in [-0.3, -0.25) is 4.79 Å². The van der Waals surface area contributed by atoms with Gasteiger partial charge in [0.1, 0.15) is 0 Å². The molecule has 0 radical (unpaired) electrons. The average molecular weight is 241 g/mol.